The van der Waals surface area contributed by atoms with Crippen LogP contribution in [0.1, 0.15) is 30.8 Å². The summed E-state index contributed by atoms with van der Waals surface area (Å²) in [5, 5.41) is 5.95. The van der Waals surface area contributed by atoms with E-state index in [1.807, 2.05) is 12.1 Å². The maximum absolute atomic E-state index is 12.1. The van der Waals surface area contributed by atoms with Gasteiger partial charge in [0.05, 0.1) is 0 Å². The molecule has 0 radical (unpaired) electrons. The molecule has 140 valence electrons. The summed E-state index contributed by atoms with van der Waals surface area (Å²) in [4.78, 5) is 22.9. The zero-order valence-corrected chi connectivity index (χ0v) is 15.7. The third-order valence-corrected chi connectivity index (χ3v) is 3.95. The summed E-state index contributed by atoms with van der Waals surface area (Å²) in [5.41, 5.74) is 2.38. The Morgan fingerprint density at radius 3 is 2.54 bits per heavy atom. The van der Waals surface area contributed by atoms with Crippen LogP contribution in [-0.2, 0) is 4.74 Å². The number of carbonyl (C=O) groups is 1. The summed E-state index contributed by atoms with van der Waals surface area (Å²) in [6, 6.07) is 9.67. The SMILES string of the molecule is CCN(CC)c1ccc(Nc2nccc(C(=O)NCCCOC)n2)cc1. The summed E-state index contributed by atoms with van der Waals surface area (Å²) in [7, 11) is 1.64. The predicted molar refractivity (Wildman–Crippen MR) is 104 cm³/mol. The van der Waals surface area contributed by atoms with Gasteiger partial charge in [-0.25, -0.2) is 9.97 Å². The van der Waals surface area contributed by atoms with Crippen LogP contribution in [0.3, 0.4) is 0 Å². The minimum absolute atomic E-state index is 0.219. The molecular formula is C19H27N5O2. The van der Waals surface area contributed by atoms with Crippen LogP contribution in [0.2, 0.25) is 0 Å². The van der Waals surface area contributed by atoms with Gasteiger partial charge in [0, 0.05) is 50.9 Å². The molecule has 7 heteroatoms. The Balaban J connectivity index is 1.98. The molecule has 1 aromatic carbocycles. The second-order valence-electron chi connectivity index (χ2n) is 5.71. The average molecular weight is 357 g/mol. The summed E-state index contributed by atoms with van der Waals surface area (Å²) in [6.07, 6.45) is 2.33. The highest BCUT2D eigenvalue weighted by molar-refractivity contribution is 5.92. The molecule has 0 aliphatic carbocycles. The zero-order valence-electron chi connectivity index (χ0n) is 15.7. The number of methoxy groups -OCH3 is 1. The molecule has 2 rings (SSSR count). The van der Waals surface area contributed by atoms with Crippen molar-refractivity contribution in [3.63, 3.8) is 0 Å². The molecule has 0 aliphatic heterocycles. The fraction of sp³-hybridized carbons (Fsp3) is 0.421. The number of benzene rings is 1. The molecule has 1 amide bonds. The first-order valence-electron chi connectivity index (χ1n) is 8.90. The van der Waals surface area contributed by atoms with E-state index in [1.165, 1.54) is 5.69 Å². The molecule has 1 heterocycles. The minimum atomic E-state index is -0.219. The molecule has 0 aliphatic rings. The van der Waals surface area contributed by atoms with Gasteiger partial charge in [0.2, 0.25) is 5.95 Å². The van der Waals surface area contributed by atoms with Crippen molar-refractivity contribution in [3.05, 3.63) is 42.2 Å². The van der Waals surface area contributed by atoms with Crippen LogP contribution in [0.4, 0.5) is 17.3 Å². The second kappa shape index (κ2) is 10.4. The molecule has 0 saturated heterocycles. The molecule has 1 aromatic heterocycles. The van der Waals surface area contributed by atoms with Gasteiger partial charge in [-0.2, -0.15) is 0 Å². The molecular weight excluding hydrogens is 330 g/mol. The summed E-state index contributed by atoms with van der Waals surface area (Å²) < 4.78 is 4.96. The third-order valence-electron chi connectivity index (χ3n) is 3.95. The molecule has 2 aromatic rings. The molecule has 7 nitrogen and oxygen atoms in total. The molecule has 0 fully saturated rings. The van der Waals surface area contributed by atoms with Crippen molar-refractivity contribution < 1.29 is 9.53 Å². The van der Waals surface area contributed by atoms with Crippen LogP contribution in [0.25, 0.3) is 0 Å². The smallest absolute Gasteiger partial charge is 0.270 e. The van der Waals surface area contributed by atoms with Crippen molar-refractivity contribution in [2.45, 2.75) is 20.3 Å². The number of rotatable bonds is 10. The van der Waals surface area contributed by atoms with Gasteiger partial charge < -0.3 is 20.3 Å². The van der Waals surface area contributed by atoms with Crippen molar-refractivity contribution in [1.29, 1.82) is 0 Å². The number of amides is 1. The van der Waals surface area contributed by atoms with Gasteiger partial charge in [-0.3, -0.25) is 4.79 Å². The molecule has 0 saturated carbocycles. The topological polar surface area (TPSA) is 79.4 Å². The fourth-order valence-electron chi connectivity index (χ4n) is 2.53. The number of hydrogen-bond donors (Lipinski definition) is 2. The number of hydrogen-bond acceptors (Lipinski definition) is 6. The van der Waals surface area contributed by atoms with Gasteiger partial charge in [-0.15, -0.1) is 0 Å². The summed E-state index contributed by atoms with van der Waals surface area (Å²) in [6.45, 7) is 7.36. The Kier molecular flexibility index (Phi) is 7.82. The normalized spacial score (nSPS) is 10.4. The number of anilines is 3. The van der Waals surface area contributed by atoms with E-state index in [4.69, 9.17) is 4.74 Å². The highest BCUT2D eigenvalue weighted by Crippen LogP contribution is 2.19. The average Bonchev–Trinajstić information content (AvgIpc) is 2.67. The van der Waals surface area contributed by atoms with E-state index in [0.717, 1.165) is 25.2 Å². The highest BCUT2D eigenvalue weighted by Gasteiger charge is 2.09. The van der Waals surface area contributed by atoms with Crippen LogP contribution >= 0.6 is 0 Å². The number of nitrogens with one attached hydrogen (secondary N) is 2. The zero-order chi connectivity index (χ0) is 18.8. The molecule has 0 atom stereocenters. The number of aromatic nitrogens is 2. The molecule has 2 N–H and O–H groups in total. The minimum Gasteiger partial charge on any atom is -0.385 e. The monoisotopic (exact) mass is 357 g/mol. The van der Waals surface area contributed by atoms with Gasteiger partial charge in [0.15, 0.2) is 0 Å². The van der Waals surface area contributed by atoms with Crippen molar-refractivity contribution >= 4 is 23.2 Å². The molecule has 0 spiro atoms. The van der Waals surface area contributed by atoms with Gasteiger partial charge in [-0.05, 0) is 50.6 Å². The van der Waals surface area contributed by atoms with Gasteiger partial charge >= 0.3 is 0 Å². The number of carbonyl (C=O) groups excluding carboxylic acids is 1. The quantitative estimate of drug-likeness (QED) is 0.637. The van der Waals surface area contributed by atoms with Gasteiger partial charge in [0.1, 0.15) is 5.69 Å². The van der Waals surface area contributed by atoms with Crippen molar-refractivity contribution in [3.8, 4) is 0 Å². The molecule has 0 bridgehead atoms. The molecule has 26 heavy (non-hydrogen) atoms. The Bertz CT molecular complexity index is 687. The van der Waals surface area contributed by atoms with E-state index in [2.05, 4.69) is 51.5 Å². The molecule has 0 unspecified atom stereocenters. The first-order valence-corrected chi connectivity index (χ1v) is 8.90. The van der Waals surface area contributed by atoms with E-state index in [-0.39, 0.29) is 5.91 Å². The Morgan fingerprint density at radius 2 is 1.88 bits per heavy atom. The second-order valence-corrected chi connectivity index (χ2v) is 5.71. The van der Waals surface area contributed by atoms with Crippen LogP contribution in [0.15, 0.2) is 36.5 Å². The van der Waals surface area contributed by atoms with Crippen LogP contribution in [0.5, 0.6) is 0 Å². The maximum Gasteiger partial charge on any atom is 0.270 e. The lowest BCUT2D eigenvalue weighted by Crippen LogP contribution is -2.26. The Hall–Kier alpha value is -2.67. The predicted octanol–water partition coefficient (Wildman–Crippen LogP) is 2.83. The highest BCUT2D eigenvalue weighted by atomic mass is 16.5. The third kappa shape index (κ3) is 5.70. The number of ether oxygens (including phenoxy) is 1. The van der Waals surface area contributed by atoms with Crippen LogP contribution < -0.4 is 15.5 Å². The largest absolute Gasteiger partial charge is 0.385 e. The van der Waals surface area contributed by atoms with Gasteiger partial charge in [0.25, 0.3) is 5.91 Å². The maximum atomic E-state index is 12.1. The number of nitrogens with zero attached hydrogens (tertiary/aromatic N) is 3. The standard InChI is InChI=1S/C19H27N5O2/c1-4-24(5-2)16-9-7-15(8-10-16)22-19-21-13-11-17(23-19)18(25)20-12-6-14-26-3/h7-11,13H,4-6,12,14H2,1-3H3,(H,20,25)(H,21,22,23). The first kappa shape index (κ1) is 19.7. The van der Waals surface area contributed by atoms with Gasteiger partial charge in [-0.1, -0.05) is 0 Å². The van der Waals surface area contributed by atoms with Crippen molar-refractivity contribution in [2.24, 2.45) is 0 Å². The fourth-order valence-corrected chi connectivity index (χ4v) is 2.53. The summed E-state index contributed by atoms with van der Waals surface area (Å²) >= 11 is 0. The van der Waals surface area contributed by atoms with Crippen molar-refractivity contribution in [2.75, 3.05) is 43.6 Å². The first-order chi connectivity index (χ1) is 12.7. The van der Waals surface area contributed by atoms with E-state index in [1.54, 1.807) is 19.4 Å². The summed E-state index contributed by atoms with van der Waals surface area (Å²) in [5.74, 6) is 0.175. The lowest BCUT2D eigenvalue weighted by Gasteiger charge is -2.21. The van der Waals surface area contributed by atoms with Crippen LogP contribution in [-0.4, -0.2) is 49.2 Å². The van der Waals surface area contributed by atoms with E-state index >= 15 is 0 Å². The van der Waals surface area contributed by atoms with E-state index < -0.39 is 0 Å². The van der Waals surface area contributed by atoms with Crippen LogP contribution in [0, 0.1) is 0 Å². The lowest BCUT2D eigenvalue weighted by atomic mass is 10.2. The van der Waals surface area contributed by atoms with E-state index in [0.29, 0.717) is 24.8 Å². The lowest BCUT2D eigenvalue weighted by molar-refractivity contribution is 0.0943. The Morgan fingerprint density at radius 1 is 1.15 bits per heavy atom. The van der Waals surface area contributed by atoms with E-state index in [9.17, 15) is 4.79 Å². The Labute approximate surface area is 154 Å². The van der Waals surface area contributed by atoms with Crippen molar-refractivity contribution in [1.82, 2.24) is 15.3 Å².